The topological polar surface area (TPSA) is 43.8 Å². The molecule has 1 aliphatic rings. The molecule has 0 saturated heterocycles. The van der Waals surface area contributed by atoms with Gasteiger partial charge in [-0.15, -0.1) is 0 Å². The van der Waals surface area contributed by atoms with E-state index in [0.29, 0.717) is 5.92 Å². The molecule has 0 unspecified atom stereocenters. The van der Waals surface area contributed by atoms with Crippen LogP contribution in [0.1, 0.15) is 24.6 Å². The Morgan fingerprint density at radius 2 is 2.00 bits per heavy atom. The smallest absolute Gasteiger partial charge is 0.117 e. The van der Waals surface area contributed by atoms with Crippen LogP contribution in [0.5, 0.6) is 0 Å². The summed E-state index contributed by atoms with van der Waals surface area (Å²) in [6.07, 6.45) is 2.48. The zero-order chi connectivity index (χ0) is 13.7. The Morgan fingerprint density at radius 1 is 1.15 bits per heavy atom. The number of hydrogen-bond acceptors (Lipinski definition) is 2. The maximum Gasteiger partial charge on any atom is 0.117 e. The maximum atomic E-state index is 5.89. The third-order valence-electron chi connectivity index (χ3n) is 3.71. The molecule has 0 radical (unpaired) electrons. The molecule has 0 amide bonds. The molecular weight excluding hydrogens is 361 g/mol. The van der Waals surface area contributed by atoms with Crippen LogP contribution in [0, 0.1) is 3.57 Å². The number of hydrogen-bond donors (Lipinski definition) is 1. The lowest BCUT2D eigenvalue weighted by Gasteiger charge is -2.09. The van der Waals surface area contributed by atoms with Crippen molar-refractivity contribution in [1.82, 2.24) is 9.55 Å². The standard InChI is InChI=1S/C16H14IN3/c17-11-2-1-3-13(8-11)20-15-7-6-12(18)9-14(15)19-16(20)10-4-5-10/h1-3,6-10H,4-5,18H2. The number of aromatic nitrogens is 2. The number of benzene rings is 2. The summed E-state index contributed by atoms with van der Waals surface area (Å²) >= 11 is 2.35. The first-order valence-corrected chi connectivity index (χ1v) is 7.84. The molecule has 1 saturated carbocycles. The van der Waals surface area contributed by atoms with Gasteiger partial charge in [0.25, 0.3) is 0 Å². The van der Waals surface area contributed by atoms with E-state index in [1.807, 2.05) is 12.1 Å². The predicted molar refractivity (Wildman–Crippen MR) is 90.2 cm³/mol. The van der Waals surface area contributed by atoms with E-state index < -0.39 is 0 Å². The SMILES string of the molecule is Nc1ccc2c(c1)nc(C1CC1)n2-c1cccc(I)c1. The van der Waals surface area contributed by atoms with Crippen molar-refractivity contribution in [2.24, 2.45) is 0 Å². The summed E-state index contributed by atoms with van der Waals surface area (Å²) in [6.45, 7) is 0. The molecular formula is C16H14IN3. The lowest BCUT2D eigenvalue weighted by atomic mass is 10.2. The van der Waals surface area contributed by atoms with Crippen LogP contribution in [0.3, 0.4) is 0 Å². The van der Waals surface area contributed by atoms with Gasteiger partial charge in [-0.3, -0.25) is 4.57 Å². The van der Waals surface area contributed by atoms with Gasteiger partial charge in [-0.05, 0) is 71.8 Å². The van der Waals surface area contributed by atoms with Gasteiger partial charge in [-0.2, -0.15) is 0 Å². The van der Waals surface area contributed by atoms with Crippen molar-refractivity contribution in [2.75, 3.05) is 5.73 Å². The summed E-state index contributed by atoms with van der Waals surface area (Å²) in [5.41, 5.74) is 9.98. The van der Waals surface area contributed by atoms with Crippen molar-refractivity contribution in [3.8, 4) is 5.69 Å². The molecule has 2 N–H and O–H groups in total. The first-order valence-electron chi connectivity index (χ1n) is 6.76. The zero-order valence-corrected chi connectivity index (χ0v) is 13.0. The Hall–Kier alpha value is -1.56. The molecule has 4 rings (SSSR count). The van der Waals surface area contributed by atoms with Crippen LogP contribution in [-0.2, 0) is 0 Å². The molecule has 4 heteroatoms. The van der Waals surface area contributed by atoms with Gasteiger partial charge in [0.15, 0.2) is 0 Å². The van der Waals surface area contributed by atoms with Gasteiger partial charge >= 0.3 is 0 Å². The first-order chi connectivity index (χ1) is 9.72. The van der Waals surface area contributed by atoms with Gasteiger partial charge in [-0.25, -0.2) is 4.98 Å². The highest BCUT2D eigenvalue weighted by Crippen LogP contribution is 2.42. The fraction of sp³-hybridized carbons (Fsp3) is 0.188. The molecule has 1 aliphatic carbocycles. The monoisotopic (exact) mass is 375 g/mol. The van der Waals surface area contributed by atoms with E-state index >= 15 is 0 Å². The Morgan fingerprint density at radius 3 is 2.75 bits per heavy atom. The largest absolute Gasteiger partial charge is 0.399 e. The van der Waals surface area contributed by atoms with E-state index in [9.17, 15) is 0 Å². The van der Waals surface area contributed by atoms with E-state index in [2.05, 4.69) is 57.5 Å². The summed E-state index contributed by atoms with van der Waals surface area (Å²) in [5.74, 6) is 1.77. The van der Waals surface area contributed by atoms with E-state index in [-0.39, 0.29) is 0 Å². The van der Waals surface area contributed by atoms with Crippen LogP contribution >= 0.6 is 22.6 Å². The first kappa shape index (κ1) is 12.2. The number of anilines is 1. The Balaban J connectivity index is 2.02. The normalized spacial score (nSPS) is 14.8. The number of rotatable bonds is 2. The van der Waals surface area contributed by atoms with E-state index in [1.54, 1.807) is 0 Å². The molecule has 0 spiro atoms. The summed E-state index contributed by atoms with van der Waals surface area (Å²) in [6, 6.07) is 14.5. The number of imidazole rings is 1. The van der Waals surface area contributed by atoms with Gasteiger partial charge < -0.3 is 5.73 Å². The Bertz CT molecular complexity index is 803. The molecule has 1 fully saturated rings. The lowest BCUT2D eigenvalue weighted by Crippen LogP contribution is -2.00. The second-order valence-corrected chi connectivity index (χ2v) is 6.55. The average molecular weight is 375 g/mol. The number of nitrogen functional groups attached to an aromatic ring is 1. The fourth-order valence-electron chi connectivity index (χ4n) is 2.62. The van der Waals surface area contributed by atoms with Gasteiger partial charge in [0, 0.05) is 20.9 Å². The van der Waals surface area contributed by atoms with Crippen molar-refractivity contribution >= 4 is 39.3 Å². The molecule has 20 heavy (non-hydrogen) atoms. The lowest BCUT2D eigenvalue weighted by molar-refractivity contribution is 0.896. The predicted octanol–water partition coefficient (Wildman–Crippen LogP) is 4.09. The van der Waals surface area contributed by atoms with E-state index in [0.717, 1.165) is 16.7 Å². The highest BCUT2D eigenvalue weighted by Gasteiger charge is 2.30. The number of fused-ring (bicyclic) bond motifs is 1. The minimum atomic E-state index is 0.599. The van der Waals surface area contributed by atoms with E-state index in [1.165, 1.54) is 27.9 Å². The van der Waals surface area contributed by atoms with Crippen LogP contribution in [0.4, 0.5) is 5.69 Å². The second kappa shape index (κ2) is 4.48. The van der Waals surface area contributed by atoms with Gasteiger partial charge in [0.2, 0.25) is 0 Å². The third-order valence-corrected chi connectivity index (χ3v) is 4.38. The van der Waals surface area contributed by atoms with Crippen LogP contribution in [0.2, 0.25) is 0 Å². The van der Waals surface area contributed by atoms with Crippen molar-refractivity contribution in [3.63, 3.8) is 0 Å². The molecule has 3 aromatic rings. The Kier molecular flexibility index (Phi) is 2.73. The molecule has 1 heterocycles. The molecule has 0 atom stereocenters. The minimum Gasteiger partial charge on any atom is -0.399 e. The molecule has 0 bridgehead atoms. The summed E-state index contributed by atoms with van der Waals surface area (Å²) < 4.78 is 3.52. The summed E-state index contributed by atoms with van der Waals surface area (Å²) in [4.78, 5) is 4.82. The third kappa shape index (κ3) is 1.98. The van der Waals surface area contributed by atoms with Gasteiger partial charge in [0.1, 0.15) is 5.82 Å². The summed E-state index contributed by atoms with van der Waals surface area (Å²) in [7, 11) is 0. The van der Waals surface area contributed by atoms with Crippen molar-refractivity contribution in [1.29, 1.82) is 0 Å². The maximum absolute atomic E-state index is 5.89. The molecule has 0 aliphatic heterocycles. The number of nitrogens with two attached hydrogens (primary N) is 1. The Labute approximate surface area is 130 Å². The van der Waals surface area contributed by atoms with Crippen LogP contribution in [0.15, 0.2) is 42.5 Å². The van der Waals surface area contributed by atoms with Gasteiger partial charge in [0.05, 0.1) is 11.0 Å². The highest BCUT2D eigenvalue weighted by molar-refractivity contribution is 14.1. The van der Waals surface area contributed by atoms with Crippen molar-refractivity contribution in [3.05, 3.63) is 51.9 Å². The zero-order valence-electron chi connectivity index (χ0n) is 10.9. The number of halogens is 1. The van der Waals surface area contributed by atoms with Crippen LogP contribution in [0.25, 0.3) is 16.7 Å². The fourth-order valence-corrected chi connectivity index (χ4v) is 3.14. The minimum absolute atomic E-state index is 0.599. The molecule has 3 nitrogen and oxygen atoms in total. The summed E-state index contributed by atoms with van der Waals surface area (Å²) in [5, 5.41) is 0. The van der Waals surface area contributed by atoms with Crippen molar-refractivity contribution in [2.45, 2.75) is 18.8 Å². The molecule has 1 aromatic heterocycles. The second-order valence-electron chi connectivity index (χ2n) is 5.31. The highest BCUT2D eigenvalue weighted by atomic mass is 127. The number of nitrogens with zero attached hydrogens (tertiary/aromatic N) is 2. The van der Waals surface area contributed by atoms with Crippen LogP contribution < -0.4 is 5.73 Å². The van der Waals surface area contributed by atoms with Crippen LogP contribution in [-0.4, -0.2) is 9.55 Å². The van der Waals surface area contributed by atoms with Crippen molar-refractivity contribution < 1.29 is 0 Å². The quantitative estimate of drug-likeness (QED) is 0.542. The molecule has 2 aromatic carbocycles. The van der Waals surface area contributed by atoms with Gasteiger partial charge in [-0.1, -0.05) is 6.07 Å². The van der Waals surface area contributed by atoms with E-state index in [4.69, 9.17) is 10.7 Å². The molecule has 100 valence electrons. The average Bonchev–Trinajstić information content (AvgIpc) is 3.20.